The highest BCUT2D eigenvalue weighted by Crippen LogP contribution is 2.32. The van der Waals surface area contributed by atoms with Crippen LogP contribution in [0.5, 0.6) is 0 Å². The number of fused-ring (bicyclic) bond motifs is 1. The molecule has 1 aliphatic rings. The van der Waals surface area contributed by atoms with Gasteiger partial charge in [-0.05, 0) is 64.3 Å². The van der Waals surface area contributed by atoms with Gasteiger partial charge < -0.3 is 14.5 Å². The molecule has 0 saturated carbocycles. The van der Waals surface area contributed by atoms with E-state index >= 15 is 0 Å². The Morgan fingerprint density at radius 2 is 2.12 bits per heavy atom. The fraction of sp³-hybridized carbons (Fsp3) is 0.450. The minimum atomic E-state index is -0.500. The monoisotopic (exact) mass is 342 g/mol. The molecule has 1 aromatic heterocycles. The van der Waals surface area contributed by atoms with Gasteiger partial charge in [-0.1, -0.05) is 6.07 Å². The molecule has 0 spiro atoms. The topological polar surface area (TPSA) is 54.7 Å². The van der Waals surface area contributed by atoms with E-state index in [2.05, 4.69) is 24.4 Å². The van der Waals surface area contributed by atoms with Crippen LogP contribution in [0.1, 0.15) is 51.3 Å². The van der Waals surface area contributed by atoms with Crippen LogP contribution >= 0.6 is 0 Å². The van der Waals surface area contributed by atoms with Crippen molar-refractivity contribution < 1.29 is 13.9 Å². The summed E-state index contributed by atoms with van der Waals surface area (Å²) in [6.07, 6.45) is 5.05. The summed E-state index contributed by atoms with van der Waals surface area (Å²) in [4.78, 5) is 14.3. The van der Waals surface area contributed by atoms with Gasteiger partial charge in [-0.25, -0.2) is 4.79 Å². The number of anilines is 2. The first kappa shape index (κ1) is 17.4. The maximum Gasteiger partial charge on any atom is 0.414 e. The van der Waals surface area contributed by atoms with Gasteiger partial charge in [-0.3, -0.25) is 4.90 Å². The predicted octanol–water partition coefficient (Wildman–Crippen LogP) is 5.14. The SMILES string of the molecule is CC(Nc1ccc2c(c1)N(C(=O)OC(C)(C)C)CCC2)c1ccoc1. The van der Waals surface area contributed by atoms with Crippen LogP contribution in [0.25, 0.3) is 0 Å². The van der Waals surface area contributed by atoms with Crippen molar-refractivity contribution in [2.75, 3.05) is 16.8 Å². The van der Waals surface area contributed by atoms with Crippen molar-refractivity contribution in [2.45, 2.75) is 52.2 Å². The van der Waals surface area contributed by atoms with Gasteiger partial charge in [0.1, 0.15) is 5.60 Å². The summed E-state index contributed by atoms with van der Waals surface area (Å²) in [5, 5.41) is 3.46. The second kappa shape index (κ2) is 6.82. The summed E-state index contributed by atoms with van der Waals surface area (Å²) >= 11 is 0. The summed E-state index contributed by atoms with van der Waals surface area (Å²) in [6, 6.07) is 8.26. The average Bonchev–Trinajstić information content (AvgIpc) is 3.07. The highest BCUT2D eigenvalue weighted by molar-refractivity contribution is 5.90. The van der Waals surface area contributed by atoms with Crippen molar-refractivity contribution in [1.29, 1.82) is 0 Å². The smallest absolute Gasteiger partial charge is 0.414 e. The maximum absolute atomic E-state index is 12.6. The minimum Gasteiger partial charge on any atom is -0.472 e. The lowest BCUT2D eigenvalue weighted by molar-refractivity contribution is 0.0578. The summed E-state index contributed by atoms with van der Waals surface area (Å²) in [6.45, 7) is 8.43. The zero-order valence-electron chi connectivity index (χ0n) is 15.3. The molecule has 0 bridgehead atoms. The number of carbonyl (C=O) groups is 1. The van der Waals surface area contributed by atoms with E-state index < -0.39 is 5.60 Å². The minimum absolute atomic E-state index is 0.121. The van der Waals surface area contributed by atoms with Crippen molar-refractivity contribution in [3.05, 3.63) is 47.9 Å². The number of aryl methyl sites for hydroxylation is 1. The van der Waals surface area contributed by atoms with Crippen molar-refractivity contribution in [1.82, 2.24) is 0 Å². The van der Waals surface area contributed by atoms with Crippen LogP contribution < -0.4 is 10.2 Å². The van der Waals surface area contributed by atoms with Crippen molar-refractivity contribution in [3.8, 4) is 0 Å². The summed E-state index contributed by atoms with van der Waals surface area (Å²) < 4.78 is 10.7. The molecule has 25 heavy (non-hydrogen) atoms. The molecule has 3 rings (SSSR count). The average molecular weight is 342 g/mol. The third-order valence-electron chi connectivity index (χ3n) is 4.24. The highest BCUT2D eigenvalue weighted by atomic mass is 16.6. The van der Waals surface area contributed by atoms with Crippen LogP contribution in [0.15, 0.2) is 41.2 Å². The Labute approximate surface area is 149 Å². The normalized spacial score (nSPS) is 15.4. The number of carbonyl (C=O) groups excluding carboxylic acids is 1. The predicted molar refractivity (Wildman–Crippen MR) is 99.1 cm³/mol. The Morgan fingerprint density at radius 1 is 1.32 bits per heavy atom. The quantitative estimate of drug-likeness (QED) is 0.839. The third-order valence-corrected chi connectivity index (χ3v) is 4.24. The molecule has 1 unspecified atom stereocenters. The molecule has 1 atom stereocenters. The van der Waals surface area contributed by atoms with Gasteiger partial charge >= 0.3 is 6.09 Å². The molecule has 134 valence electrons. The molecule has 5 heteroatoms. The molecule has 1 N–H and O–H groups in total. The third kappa shape index (κ3) is 4.16. The number of nitrogens with one attached hydrogen (secondary N) is 1. The molecular weight excluding hydrogens is 316 g/mol. The van der Waals surface area contributed by atoms with E-state index in [1.54, 1.807) is 17.4 Å². The molecule has 1 amide bonds. The van der Waals surface area contributed by atoms with Gasteiger partial charge in [0.15, 0.2) is 0 Å². The van der Waals surface area contributed by atoms with Gasteiger partial charge in [-0.2, -0.15) is 0 Å². The van der Waals surface area contributed by atoms with Crippen LogP contribution in [0.4, 0.5) is 16.2 Å². The van der Waals surface area contributed by atoms with Crippen LogP contribution in [0.3, 0.4) is 0 Å². The Bertz CT molecular complexity index is 732. The fourth-order valence-corrected chi connectivity index (χ4v) is 3.03. The lowest BCUT2D eigenvalue weighted by Crippen LogP contribution is -2.39. The second-order valence-corrected chi connectivity index (χ2v) is 7.50. The molecule has 2 heterocycles. The van der Waals surface area contributed by atoms with Crippen molar-refractivity contribution >= 4 is 17.5 Å². The maximum atomic E-state index is 12.6. The largest absolute Gasteiger partial charge is 0.472 e. The number of hydrogen-bond acceptors (Lipinski definition) is 4. The Kier molecular flexibility index (Phi) is 4.75. The van der Waals surface area contributed by atoms with Gasteiger partial charge in [0, 0.05) is 17.8 Å². The van der Waals surface area contributed by atoms with Gasteiger partial charge in [0.2, 0.25) is 0 Å². The molecular formula is C20H26N2O3. The standard InChI is InChI=1S/C20H26N2O3/c1-14(16-9-11-24-13-16)21-17-8-7-15-6-5-10-22(18(15)12-17)19(23)25-20(2,3)4/h7-9,11-14,21H,5-6,10H2,1-4H3. The van der Waals surface area contributed by atoms with E-state index in [-0.39, 0.29) is 12.1 Å². The lowest BCUT2D eigenvalue weighted by atomic mass is 10.0. The molecule has 2 aromatic rings. The van der Waals surface area contributed by atoms with E-state index in [9.17, 15) is 4.79 Å². The Morgan fingerprint density at radius 3 is 2.80 bits per heavy atom. The number of benzene rings is 1. The first-order valence-corrected chi connectivity index (χ1v) is 8.75. The van der Waals surface area contributed by atoms with Crippen molar-refractivity contribution in [3.63, 3.8) is 0 Å². The molecule has 0 radical (unpaired) electrons. The molecule has 1 aliphatic heterocycles. The van der Waals surface area contributed by atoms with E-state index in [0.717, 1.165) is 29.8 Å². The van der Waals surface area contributed by atoms with Gasteiger partial charge in [0.25, 0.3) is 0 Å². The lowest BCUT2D eigenvalue weighted by Gasteiger charge is -2.32. The summed E-state index contributed by atoms with van der Waals surface area (Å²) in [5.41, 5.74) is 3.67. The number of hydrogen-bond donors (Lipinski definition) is 1. The highest BCUT2D eigenvalue weighted by Gasteiger charge is 2.27. The Balaban J connectivity index is 1.81. The number of amides is 1. The summed E-state index contributed by atoms with van der Waals surface area (Å²) in [5.74, 6) is 0. The summed E-state index contributed by atoms with van der Waals surface area (Å²) in [7, 11) is 0. The molecule has 0 saturated heterocycles. The van der Waals surface area contributed by atoms with Crippen LogP contribution in [-0.2, 0) is 11.2 Å². The van der Waals surface area contributed by atoms with E-state index in [0.29, 0.717) is 6.54 Å². The number of ether oxygens (including phenoxy) is 1. The number of nitrogens with zero attached hydrogens (tertiary/aromatic N) is 1. The molecule has 1 aromatic carbocycles. The molecule has 0 fully saturated rings. The van der Waals surface area contributed by atoms with Crippen LogP contribution in [0, 0.1) is 0 Å². The van der Waals surface area contributed by atoms with E-state index in [1.165, 1.54) is 5.56 Å². The zero-order valence-corrected chi connectivity index (χ0v) is 15.3. The van der Waals surface area contributed by atoms with Crippen LogP contribution in [-0.4, -0.2) is 18.2 Å². The van der Waals surface area contributed by atoms with E-state index in [4.69, 9.17) is 9.15 Å². The zero-order chi connectivity index (χ0) is 18.0. The van der Waals surface area contributed by atoms with E-state index in [1.807, 2.05) is 32.9 Å². The Hall–Kier alpha value is -2.43. The second-order valence-electron chi connectivity index (χ2n) is 7.50. The number of rotatable bonds is 3. The van der Waals surface area contributed by atoms with Gasteiger partial charge in [0.05, 0.1) is 24.3 Å². The van der Waals surface area contributed by atoms with Crippen molar-refractivity contribution in [2.24, 2.45) is 0 Å². The van der Waals surface area contributed by atoms with Gasteiger partial charge in [-0.15, -0.1) is 0 Å². The fourth-order valence-electron chi connectivity index (χ4n) is 3.03. The molecule has 5 nitrogen and oxygen atoms in total. The first-order chi connectivity index (χ1) is 11.8. The first-order valence-electron chi connectivity index (χ1n) is 8.75. The molecule has 0 aliphatic carbocycles. The van der Waals surface area contributed by atoms with Crippen LogP contribution in [0.2, 0.25) is 0 Å². The number of furan rings is 1.